The van der Waals surface area contributed by atoms with Crippen LogP contribution in [0.5, 0.6) is 0 Å². The van der Waals surface area contributed by atoms with Crippen molar-refractivity contribution < 1.29 is 12.8 Å². The molecule has 0 radical (unpaired) electrons. The Morgan fingerprint density at radius 3 is 2.54 bits per heavy atom. The quantitative estimate of drug-likeness (QED) is 0.758. The van der Waals surface area contributed by atoms with Crippen LogP contribution in [0.15, 0.2) is 47.1 Å². The summed E-state index contributed by atoms with van der Waals surface area (Å²) in [5.41, 5.74) is 2.15. The minimum atomic E-state index is -3.17. The molecule has 0 unspecified atom stereocenters. The minimum absolute atomic E-state index is 0.0842. The third kappa shape index (κ3) is 4.89. The number of anilines is 1. The molecule has 0 saturated heterocycles. The van der Waals surface area contributed by atoms with E-state index >= 15 is 0 Å². The van der Waals surface area contributed by atoms with Crippen molar-refractivity contribution in [2.75, 3.05) is 11.9 Å². The summed E-state index contributed by atoms with van der Waals surface area (Å²) in [4.78, 5) is 0. The van der Waals surface area contributed by atoms with Crippen LogP contribution in [0.3, 0.4) is 0 Å². The van der Waals surface area contributed by atoms with Gasteiger partial charge in [-0.2, -0.15) is 0 Å². The van der Waals surface area contributed by atoms with E-state index in [1.165, 1.54) is 0 Å². The normalized spacial score (nSPS) is 21.0. The van der Waals surface area contributed by atoms with Crippen molar-refractivity contribution in [1.29, 1.82) is 0 Å². The van der Waals surface area contributed by atoms with Crippen LogP contribution in [0.1, 0.15) is 39.5 Å². The lowest BCUT2D eigenvalue weighted by atomic mass is 9.86. The van der Waals surface area contributed by atoms with Crippen molar-refractivity contribution in [2.45, 2.75) is 50.8 Å². The maximum atomic E-state index is 12.0. The molecule has 0 spiro atoms. The summed E-state index contributed by atoms with van der Waals surface area (Å²) in [5.74, 6) is 1.44. The molecule has 142 valence electrons. The van der Waals surface area contributed by atoms with Crippen LogP contribution in [0.25, 0.3) is 11.3 Å². The van der Waals surface area contributed by atoms with Crippen LogP contribution in [0, 0.1) is 5.92 Å². The smallest absolute Gasteiger partial charge is 0.214 e. The summed E-state index contributed by atoms with van der Waals surface area (Å²) in [6.07, 6.45) is 5.57. The highest BCUT2D eigenvalue weighted by molar-refractivity contribution is 7.90. The third-order valence-corrected chi connectivity index (χ3v) is 6.96. The molecule has 2 N–H and O–H groups in total. The molecule has 5 nitrogen and oxygen atoms in total. The number of hydrogen-bond acceptors (Lipinski definition) is 4. The molecule has 1 aliphatic carbocycles. The molecule has 0 amide bonds. The van der Waals surface area contributed by atoms with Gasteiger partial charge in [-0.05, 0) is 69.7 Å². The predicted octanol–water partition coefficient (Wildman–Crippen LogP) is 4.25. The van der Waals surface area contributed by atoms with Crippen molar-refractivity contribution in [3.8, 4) is 11.3 Å². The number of benzene rings is 1. The molecule has 2 aromatic rings. The molecule has 1 heterocycles. The fourth-order valence-corrected chi connectivity index (χ4v) is 4.31. The molecule has 0 bridgehead atoms. The molecule has 1 aromatic carbocycles. The maximum absolute atomic E-state index is 12.0. The molecular formula is C20H28N2O3S. The van der Waals surface area contributed by atoms with Crippen molar-refractivity contribution >= 4 is 15.7 Å². The molecule has 0 aliphatic heterocycles. The summed E-state index contributed by atoms with van der Waals surface area (Å²) < 4.78 is 32.3. The Morgan fingerprint density at radius 1 is 1.12 bits per heavy atom. The summed E-state index contributed by atoms with van der Waals surface area (Å²) >= 11 is 0. The molecule has 1 fully saturated rings. The van der Waals surface area contributed by atoms with Gasteiger partial charge in [-0.3, -0.25) is 0 Å². The van der Waals surface area contributed by atoms with Crippen molar-refractivity contribution in [1.82, 2.24) is 4.72 Å². The molecule has 0 atom stereocenters. The van der Waals surface area contributed by atoms with Crippen LogP contribution < -0.4 is 10.0 Å². The van der Waals surface area contributed by atoms with Crippen LogP contribution in [-0.2, 0) is 10.0 Å². The van der Waals surface area contributed by atoms with Crippen LogP contribution >= 0.6 is 0 Å². The summed E-state index contributed by atoms with van der Waals surface area (Å²) in [6, 6.07) is 12.2. The van der Waals surface area contributed by atoms with Gasteiger partial charge >= 0.3 is 0 Å². The van der Waals surface area contributed by atoms with Gasteiger partial charge in [0.15, 0.2) is 0 Å². The van der Waals surface area contributed by atoms with Crippen LogP contribution in [0.4, 0.5) is 5.69 Å². The van der Waals surface area contributed by atoms with E-state index in [2.05, 4.69) is 22.2 Å². The SMILES string of the molecule is CC(C)S(=O)(=O)NC1CCC(CNc2cccc(-c3ccco3)c2)CC1. The molecule has 6 heteroatoms. The zero-order valence-corrected chi connectivity index (χ0v) is 16.3. The fourth-order valence-electron chi connectivity index (χ4n) is 3.34. The zero-order valence-electron chi connectivity index (χ0n) is 15.4. The molecular weight excluding hydrogens is 348 g/mol. The van der Waals surface area contributed by atoms with Gasteiger partial charge in [0.2, 0.25) is 10.0 Å². The molecule has 1 aromatic heterocycles. The second-order valence-electron chi connectivity index (χ2n) is 7.37. The van der Waals surface area contributed by atoms with E-state index in [1.54, 1.807) is 20.1 Å². The second kappa shape index (κ2) is 8.27. The Bertz CT molecular complexity index is 792. The van der Waals surface area contributed by atoms with Gasteiger partial charge in [0, 0.05) is 23.8 Å². The lowest BCUT2D eigenvalue weighted by Gasteiger charge is -2.29. The zero-order chi connectivity index (χ0) is 18.6. The Labute approximate surface area is 156 Å². The van der Waals surface area contributed by atoms with E-state index in [-0.39, 0.29) is 11.3 Å². The Balaban J connectivity index is 1.48. The number of nitrogens with one attached hydrogen (secondary N) is 2. The maximum Gasteiger partial charge on any atom is 0.214 e. The Hall–Kier alpha value is -1.79. The van der Waals surface area contributed by atoms with Crippen molar-refractivity contribution in [3.05, 3.63) is 42.7 Å². The highest BCUT2D eigenvalue weighted by Gasteiger charge is 2.26. The average molecular weight is 377 g/mol. The average Bonchev–Trinajstić information content (AvgIpc) is 3.16. The van der Waals surface area contributed by atoms with E-state index in [0.29, 0.717) is 5.92 Å². The van der Waals surface area contributed by atoms with Gasteiger partial charge in [0.25, 0.3) is 0 Å². The number of sulfonamides is 1. The Kier molecular flexibility index (Phi) is 6.04. The lowest BCUT2D eigenvalue weighted by molar-refractivity contribution is 0.323. The molecule has 1 saturated carbocycles. The number of hydrogen-bond donors (Lipinski definition) is 2. The Morgan fingerprint density at radius 2 is 1.88 bits per heavy atom. The largest absolute Gasteiger partial charge is 0.464 e. The molecule has 3 rings (SSSR count). The van der Waals surface area contributed by atoms with Gasteiger partial charge in [0.05, 0.1) is 11.5 Å². The first-order valence-electron chi connectivity index (χ1n) is 9.33. The first-order valence-corrected chi connectivity index (χ1v) is 10.9. The van der Waals surface area contributed by atoms with Gasteiger partial charge in [0.1, 0.15) is 5.76 Å². The van der Waals surface area contributed by atoms with Gasteiger partial charge < -0.3 is 9.73 Å². The highest BCUT2D eigenvalue weighted by Crippen LogP contribution is 2.27. The van der Waals surface area contributed by atoms with Crippen molar-refractivity contribution in [2.24, 2.45) is 5.92 Å². The van der Waals surface area contributed by atoms with E-state index in [1.807, 2.05) is 24.3 Å². The van der Waals surface area contributed by atoms with E-state index < -0.39 is 10.0 Å². The molecule has 26 heavy (non-hydrogen) atoms. The first kappa shape index (κ1) is 19.0. The second-order valence-corrected chi connectivity index (χ2v) is 9.64. The number of rotatable bonds is 7. The van der Waals surface area contributed by atoms with Crippen molar-refractivity contribution in [3.63, 3.8) is 0 Å². The highest BCUT2D eigenvalue weighted by atomic mass is 32.2. The standard InChI is InChI=1S/C20H28N2O3S/c1-15(2)26(23,24)22-18-10-8-16(9-11-18)14-21-19-6-3-5-17(13-19)20-7-4-12-25-20/h3-7,12-13,15-16,18,21-22H,8-11,14H2,1-2H3. The van der Waals surface area contributed by atoms with E-state index in [0.717, 1.165) is 49.2 Å². The monoisotopic (exact) mass is 376 g/mol. The number of furan rings is 1. The van der Waals surface area contributed by atoms with Gasteiger partial charge in [-0.25, -0.2) is 13.1 Å². The first-order chi connectivity index (χ1) is 12.4. The predicted molar refractivity (Wildman–Crippen MR) is 106 cm³/mol. The summed E-state index contributed by atoms with van der Waals surface area (Å²) in [6.45, 7) is 4.34. The molecule has 1 aliphatic rings. The summed E-state index contributed by atoms with van der Waals surface area (Å²) in [7, 11) is -3.17. The summed E-state index contributed by atoms with van der Waals surface area (Å²) in [5, 5.41) is 3.15. The van der Waals surface area contributed by atoms with Gasteiger partial charge in [-0.15, -0.1) is 0 Å². The third-order valence-electron chi connectivity index (χ3n) is 5.06. The van der Waals surface area contributed by atoms with Gasteiger partial charge in [-0.1, -0.05) is 12.1 Å². The topological polar surface area (TPSA) is 71.3 Å². The van der Waals surface area contributed by atoms with Crippen LogP contribution in [-0.4, -0.2) is 26.3 Å². The van der Waals surface area contributed by atoms with E-state index in [4.69, 9.17) is 4.42 Å². The minimum Gasteiger partial charge on any atom is -0.464 e. The lowest BCUT2D eigenvalue weighted by Crippen LogP contribution is -2.41. The fraction of sp³-hybridized carbons (Fsp3) is 0.500. The van der Waals surface area contributed by atoms with Crippen LogP contribution in [0.2, 0.25) is 0 Å². The van der Waals surface area contributed by atoms with E-state index in [9.17, 15) is 8.42 Å².